The number of rotatable bonds is 7. The molecular formula is C28H24ClN3O6. The first-order valence-corrected chi connectivity index (χ1v) is 11.9. The Morgan fingerprint density at radius 3 is 2.45 bits per heavy atom. The van der Waals surface area contributed by atoms with Gasteiger partial charge in [-0.3, -0.25) is 19.7 Å². The number of methoxy groups -OCH3 is 1. The molecule has 38 heavy (non-hydrogen) atoms. The quantitative estimate of drug-likeness (QED) is 0.337. The fourth-order valence-corrected chi connectivity index (χ4v) is 3.96. The van der Waals surface area contributed by atoms with E-state index in [4.69, 9.17) is 21.1 Å². The van der Waals surface area contributed by atoms with Crippen LogP contribution in [-0.2, 0) is 14.4 Å². The summed E-state index contributed by atoms with van der Waals surface area (Å²) in [6.45, 7) is 3.55. The Hall–Kier alpha value is -4.63. The van der Waals surface area contributed by atoms with Gasteiger partial charge in [-0.25, -0.2) is 9.69 Å². The third kappa shape index (κ3) is 5.84. The van der Waals surface area contributed by atoms with Crippen LogP contribution in [0.4, 0.5) is 16.2 Å². The van der Waals surface area contributed by atoms with E-state index >= 15 is 0 Å². The van der Waals surface area contributed by atoms with Crippen molar-refractivity contribution in [2.45, 2.75) is 13.8 Å². The maximum atomic E-state index is 13.1. The number of barbiturate groups is 1. The number of nitrogens with zero attached hydrogens (tertiary/aromatic N) is 1. The Balaban J connectivity index is 1.47. The molecule has 0 bridgehead atoms. The average molecular weight is 534 g/mol. The summed E-state index contributed by atoms with van der Waals surface area (Å²) < 4.78 is 10.7. The zero-order chi connectivity index (χ0) is 27.4. The molecule has 0 saturated carbocycles. The summed E-state index contributed by atoms with van der Waals surface area (Å²) in [6, 6.07) is 15.7. The fraction of sp³-hybridized carbons (Fsp3) is 0.143. The predicted octanol–water partition coefficient (Wildman–Crippen LogP) is 4.65. The summed E-state index contributed by atoms with van der Waals surface area (Å²) in [5.74, 6) is -1.17. The van der Waals surface area contributed by atoms with Gasteiger partial charge in [0.1, 0.15) is 17.1 Å². The van der Waals surface area contributed by atoms with Crippen LogP contribution in [0.15, 0.2) is 66.2 Å². The Morgan fingerprint density at radius 2 is 1.76 bits per heavy atom. The molecule has 3 aromatic carbocycles. The van der Waals surface area contributed by atoms with E-state index in [1.807, 2.05) is 32.0 Å². The topological polar surface area (TPSA) is 114 Å². The SMILES string of the molecule is COc1ccc(N2C(=O)NC(=O)/C(=C\c3ccc(OCC(=O)Nc4cc(C)ccc4C)c(Cl)c3)C2=O)cc1. The van der Waals surface area contributed by atoms with Gasteiger partial charge in [-0.2, -0.15) is 0 Å². The number of urea groups is 1. The Morgan fingerprint density at radius 1 is 1.03 bits per heavy atom. The van der Waals surface area contributed by atoms with Gasteiger partial charge in [0, 0.05) is 5.69 Å². The monoisotopic (exact) mass is 533 g/mol. The highest BCUT2D eigenvalue weighted by molar-refractivity contribution is 6.39. The van der Waals surface area contributed by atoms with Crippen molar-refractivity contribution in [1.29, 1.82) is 0 Å². The van der Waals surface area contributed by atoms with E-state index in [1.54, 1.807) is 18.2 Å². The van der Waals surface area contributed by atoms with Gasteiger partial charge in [0.2, 0.25) is 0 Å². The van der Waals surface area contributed by atoms with Gasteiger partial charge in [-0.15, -0.1) is 0 Å². The van der Waals surface area contributed by atoms with E-state index in [0.29, 0.717) is 17.0 Å². The molecule has 1 aliphatic heterocycles. The molecule has 0 spiro atoms. The number of nitrogens with one attached hydrogen (secondary N) is 2. The summed E-state index contributed by atoms with van der Waals surface area (Å²) in [5.41, 5.74) is 3.08. The van der Waals surface area contributed by atoms with Crippen molar-refractivity contribution >= 4 is 52.8 Å². The number of anilines is 2. The summed E-state index contributed by atoms with van der Waals surface area (Å²) in [5, 5.41) is 5.15. The number of imide groups is 2. The minimum atomic E-state index is -0.858. The Kier molecular flexibility index (Phi) is 7.78. The van der Waals surface area contributed by atoms with E-state index in [9.17, 15) is 19.2 Å². The number of benzene rings is 3. The van der Waals surface area contributed by atoms with E-state index in [-0.39, 0.29) is 34.5 Å². The normalized spacial score (nSPS) is 14.4. The van der Waals surface area contributed by atoms with E-state index in [1.165, 1.54) is 37.5 Å². The van der Waals surface area contributed by atoms with Crippen molar-refractivity contribution in [3.05, 3.63) is 87.9 Å². The number of halogens is 1. The van der Waals surface area contributed by atoms with Gasteiger partial charge in [0.25, 0.3) is 17.7 Å². The molecule has 0 atom stereocenters. The third-order valence-corrected chi connectivity index (χ3v) is 6.02. The van der Waals surface area contributed by atoms with Crippen molar-refractivity contribution in [3.63, 3.8) is 0 Å². The molecule has 1 fully saturated rings. The van der Waals surface area contributed by atoms with Crippen LogP contribution in [0.5, 0.6) is 11.5 Å². The molecular weight excluding hydrogens is 510 g/mol. The zero-order valence-corrected chi connectivity index (χ0v) is 21.6. The molecule has 4 rings (SSSR count). The lowest BCUT2D eigenvalue weighted by atomic mass is 10.1. The van der Waals surface area contributed by atoms with Crippen molar-refractivity contribution in [2.75, 3.05) is 23.9 Å². The molecule has 10 heteroatoms. The molecule has 9 nitrogen and oxygen atoms in total. The van der Waals surface area contributed by atoms with Crippen molar-refractivity contribution in [3.8, 4) is 11.5 Å². The second kappa shape index (κ2) is 11.2. The first-order valence-electron chi connectivity index (χ1n) is 11.5. The van der Waals surface area contributed by atoms with Gasteiger partial charge in [0.15, 0.2) is 6.61 Å². The van der Waals surface area contributed by atoms with Crippen LogP contribution >= 0.6 is 11.6 Å². The van der Waals surface area contributed by atoms with Gasteiger partial charge >= 0.3 is 6.03 Å². The lowest BCUT2D eigenvalue weighted by Gasteiger charge is -2.26. The van der Waals surface area contributed by atoms with E-state index in [2.05, 4.69) is 10.6 Å². The van der Waals surface area contributed by atoms with Crippen LogP contribution in [0.2, 0.25) is 5.02 Å². The largest absolute Gasteiger partial charge is 0.497 e. The van der Waals surface area contributed by atoms with Crippen LogP contribution in [0, 0.1) is 13.8 Å². The molecule has 3 aromatic rings. The number of aryl methyl sites for hydroxylation is 2. The Labute approximate surface area is 224 Å². The minimum Gasteiger partial charge on any atom is -0.497 e. The second-order valence-corrected chi connectivity index (χ2v) is 8.91. The van der Waals surface area contributed by atoms with Gasteiger partial charge in [0.05, 0.1) is 17.8 Å². The van der Waals surface area contributed by atoms with Crippen LogP contribution in [0.25, 0.3) is 6.08 Å². The first kappa shape index (κ1) is 26.4. The predicted molar refractivity (Wildman–Crippen MR) is 143 cm³/mol. The molecule has 0 aliphatic carbocycles. The molecule has 1 heterocycles. The third-order valence-electron chi connectivity index (χ3n) is 5.73. The summed E-state index contributed by atoms with van der Waals surface area (Å²) in [7, 11) is 1.50. The highest BCUT2D eigenvalue weighted by atomic mass is 35.5. The van der Waals surface area contributed by atoms with Crippen LogP contribution < -0.4 is 25.0 Å². The maximum absolute atomic E-state index is 13.1. The van der Waals surface area contributed by atoms with Crippen LogP contribution in [0.1, 0.15) is 16.7 Å². The molecule has 1 aliphatic rings. The van der Waals surface area contributed by atoms with E-state index < -0.39 is 17.8 Å². The lowest BCUT2D eigenvalue weighted by Crippen LogP contribution is -2.54. The fourth-order valence-electron chi connectivity index (χ4n) is 3.71. The molecule has 5 amide bonds. The molecule has 0 aromatic heterocycles. The van der Waals surface area contributed by atoms with Crippen molar-refractivity contribution < 1.29 is 28.7 Å². The van der Waals surface area contributed by atoms with Gasteiger partial charge in [-0.05, 0) is 79.1 Å². The Bertz CT molecular complexity index is 1470. The molecule has 1 saturated heterocycles. The van der Waals surface area contributed by atoms with Gasteiger partial charge < -0.3 is 14.8 Å². The minimum absolute atomic E-state index is 0.172. The number of ether oxygens (including phenoxy) is 2. The second-order valence-electron chi connectivity index (χ2n) is 8.50. The smallest absolute Gasteiger partial charge is 0.335 e. The lowest BCUT2D eigenvalue weighted by molar-refractivity contribution is -0.122. The summed E-state index contributed by atoms with van der Waals surface area (Å²) in [6.07, 6.45) is 1.32. The van der Waals surface area contributed by atoms with Gasteiger partial charge in [-0.1, -0.05) is 29.8 Å². The van der Waals surface area contributed by atoms with E-state index in [0.717, 1.165) is 16.0 Å². The molecule has 194 valence electrons. The first-order chi connectivity index (χ1) is 18.2. The molecule has 0 radical (unpaired) electrons. The number of carbonyl (C=O) groups is 4. The molecule has 0 unspecified atom stereocenters. The standard InChI is InChI=1S/C28H24ClN3O6/c1-16-4-5-17(2)23(12-16)30-25(33)15-38-24-11-6-18(14-22(24)29)13-21-26(34)31-28(36)32(27(21)35)19-7-9-20(37-3)10-8-19/h4-14H,15H2,1-3H3,(H,30,33)(H,31,34,36)/b21-13+. The highest BCUT2D eigenvalue weighted by Gasteiger charge is 2.36. The zero-order valence-electron chi connectivity index (χ0n) is 20.8. The average Bonchev–Trinajstić information content (AvgIpc) is 2.88. The number of carbonyl (C=O) groups excluding carboxylic acids is 4. The number of hydrogen-bond acceptors (Lipinski definition) is 6. The van der Waals surface area contributed by atoms with Crippen LogP contribution in [0.3, 0.4) is 0 Å². The number of hydrogen-bond donors (Lipinski definition) is 2. The molecule has 2 N–H and O–H groups in total. The summed E-state index contributed by atoms with van der Waals surface area (Å²) in [4.78, 5) is 51.1. The van der Waals surface area contributed by atoms with Crippen molar-refractivity contribution in [2.24, 2.45) is 0 Å². The number of amides is 5. The summed E-state index contributed by atoms with van der Waals surface area (Å²) >= 11 is 6.34. The van der Waals surface area contributed by atoms with Crippen molar-refractivity contribution in [1.82, 2.24) is 5.32 Å². The maximum Gasteiger partial charge on any atom is 0.335 e. The van der Waals surface area contributed by atoms with Crippen LogP contribution in [-0.4, -0.2) is 37.5 Å². The highest BCUT2D eigenvalue weighted by Crippen LogP contribution is 2.28.